The number of hydrogen-bond donors (Lipinski definition) is 2. The number of rotatable bonds is 5. The number of ether oxygens (including phenoxy) is 1. The maximum atomic E-state index is 11.9. The van der Waals surface area contributed by atoms with Gasteiger partial charge in [0.05, 0.1) is 6.61 Å². The summed E-state index contributed by atoms with van der Waals surface area (Å²) in [7, 11) is 0. The Balaban J connectivity index is 2.31. The van der Waals surface area contributed by atoms with Crippen LogP contribution in [0, 0.1) is 5.92 Å². The molecule has 2 aromatic carbocycles. The second kappa shape index (κ2) is 5.04. The lowest BCUT2D eigenvalue weighted by atomic mass is 9.82. The number of nitrogens with two attached hydrogens (primary N) is 1. The molecule has 0 saturated heterocycles. The molecule has 1 unspecified atom stereocenters. The minimum Gasteiger partial charge on any atom is -0.493 e. The Morgan fingerprint density at radius 1 is 1.33 bits per heavy atom. The summed E-state index contributed by atoms with van der Waals surface area (Å²) in [5.74, 6) is -0.435. The summed E-state index contributed by atoms with van der Waals surface area (Å²) in [5, 5.41) is 11.6. The number of benzene rings is 2. The van der Waals surface area contributed by atoms with Gasteiger partial charge in [-0.3, -0.25) is 0 Å². The van der Waals surface area contributed by atoms with Crippen LogP contribution in [0.1, 0.15) is 25.3 Å². The van der Waals surface area contributed by atoms with Crippen molar-refractivity contribution in [2.45, 2.75) is 25.3 Å². The van der Waals surface area contributed by atoms with Gasteiger partial charge >= 0.3 is 5.97 Å². The minimum atomic E-state index is -1.38. The van der Waals surface area contributed by atoms with Crippen LogP contribution < -0.4 is 10.5 Å². The molecule has 1 aliphatic rings. The maximum absolute atomic E-state index is 11.9. The molecule has 0 amide bonds. The van der Waals surface area contributed by atoms with E-state index < -0.39 is 11.5 Å². The van der Waals surface area contributed by atoms with E-state index in [1.807, 2.05) is 43.3 Å². The van der Waals surface area contributed by atoms with E-state index in [0.29, 0.717) is 17.9 Å². The molecule has 4 heteroatoms. The van der Waals surface area contributed by atoms with E-state index >= 15 is 0 Å². The molecule has 3 N–H and O–H groups in total. The molecule has 0 bridgehead atoms. The van der Waals surface area contributed by atoms with Crippen LogP contribution in [-0.2, 0) is 10.3 Å². The van der Waals surface area contributed by atoms with Gasteiger partial charge in [0.15, 0.2) is 0 Å². The molecule has 2 aromatic rings. The highest BCUT2D eigenvalue weighted by Crippen LogP contribution is 2.49. The Bertz CT molecular complexity index is 693. The van der Waals surface area contributed by atoms with Gasteiger partial charge in [-0.15, -0.1) is 0 Å². The lowest BCUT2D eigenvalue weighted by molar-refractivity contribution is -0.144. The first kappa shape index (κ1) is 13.9. The average Bonchev–Trinajstić information content (AvgIpc) is 3.31. The van der Waals surface area contributed by atoms with Crippen molar-refractivity contribution in [2.75, 3.05) is 6.61 Å². The first-order valence-electron chi connectivity index (χ1n) is 7.26. The highest BCUT2D eigenvalue weighted by Gasteiger charge is 2.51. The molecule has 0 heterocycles. The summed E-state index contributed by atoms with van der Waals surface area (Å²) >= 11 is 0. The molecule has 0 aliphatic heterocycles. The van der Waals surface area contributed by atoms with E-state index in [2.05, 4.69) is 0 Å². The van der Waals surface area contributed by atoms with Crippen molar-refractivity contribution in [3.63, 3.8) is 0 Å². The molecule has 0 aromatic heterocycles. The van der Waals surface area contributed by atoms with Crippen molar-refractivity contribution >= 4 is 16.7 Å². The van der Waals surface area contributed by atoms with Gasteiger partial charge in [0, 0.05) is 5.56 Å². The summed E-state index contributed by atoms with van der Waals surface area (Å²) in [6.07, 6.45) is 1.69. The van der Waals surface area contributed by atoms with E-state index in [1.54, 1.807) is 0 Å². The molecule has 0 radical (unpaired) electrons. The number of hydrogen-bond acceptors (Lipinski definition) is 3. The van der Waals surface area contributed by atoms with Crippen molar-refractivity contribution in [2.24, 2.45) is 11.7 Å². The van der Waals surface area contributed by atoms with Gasteiger partial charge in [0.1, 0.15) is 11.3 Å². The number of aliphatic carboxylic acids is 1. The van der Waals surface area contributed by atoms with Gasteiger partial charge in [0.2, 0.25) is 0 Å². The van der Waals surface area contributed by atoms with Crippen LogP contribution in [0.2, 0.25) is 0 Å². The molecule has 1 aliphatic carbocycles. The fourth-order valence-electron chi connectivity index (χ4n) is 2.98. The standard InChI is InChI=1S/C17H19NO3/c1-2-21-14-10-7-11-5-3-4-6-13(11)15(14)17(18,16(19)20)12-8-9-12/h3-7,10,12H,2,8-9,18H2,1H3,(H,19,20). The quantitative estimate of drug-likeness (QED) is 0.886. The minimum absolute atomic E-state index is 0.0278. The highest BCUT2D eigenvalue weighted by atomic mass is 16.5. The van der Waals surface area contributed by atoms with Crippen molar-refractivity contribution in [3.05, 3.63) is 42.0 Å². The van der Waals surface area contributed by atoms with E-state index in [0.717, 1.165) is 23.6 Å². The maximum Gasteiger partial charge on any atom is 0.328 e. The van der Waals surface area contributed by atoms with E-state index in [1.165, 1.54) is 0 Å². The smallest absolute Gasteiger partial charge is 0.328 e. The van der Waals surface area contributed by atoms with E-state index in [-0.39, 0.29) is 5.92 Å². The second-order valence-corrected chi connectivity index (χ2v) is 5.54. The Morgan fingerprint density at radius 2 is 2.05 bits per heavy atom. The predicted molar refractivity (Wildman–Crippen MR) is 81.3 cm³/mol. The van der Waals surface area contributed by atoms with Gasteiger partial charge < -0.3 is 15.6 Å². The normalized spacial score (nSPS) is 17.4. The number of carboxylic acid groups (broad SMARTS) is 1. The SMILES string of the molecule is CCOc1ccc2ccccc2c1C(N)(C(=O)O)C1CC1. The molecule has 21 heavy (non-hydrogen) atoms. The monoisotopic (exact) mass is 285 g/mol. The number of carbonyl (C=O) groups is 1. The van der Waals surface area contributed by atoms with Crippen molar-refractivity contribution in [3.8, 4) is 5.75 Å². The van der Waals surface area contributed by atoms with E-state index in [4.69, 9.17) is 10.5 Å². The van der Waals surface area contributed by atoms with Crippen LogP contribution in [0.25, 0.3) is 10.8 Å². The summed E-state index contributed by atoms with van der Waals surface area (Å²) in [4.78, 5) is 11.9. The first-order chi connectivity index (χ1) is 10.1. The van der Waals surface area contributed by atoms with Crippen LogP contribution in [-0.4, -0.2) is 17.7 Å². The zero-order valence-electron chi connectivity index (χ0n) is 12.0. The van der Waals surface area contributed by atoms with Gasteiger partial charge in [-0.25, -0.2) is 4.79 Å². The lowest BCUT2D eigenvalue weighted by Gasteiger charge is -2.28. The fraction of sp³-hybridized carbons (Fsp3) is 0.353. The molecular weight excluding hydrogens is 266 g/mol. The zero-order chi connectivity index (χ0) is 15.0. The number of fused-ring (bicyclic) bond motifs is 1. The lowest BCUT2D eigenvalue weighted by Crippen LogP contribution is -2.47. The molecule has 1 fully saturated rings. The molecule has 4 nitrogen and oxygen atoms in total. The molecular formula is C17H19NO3. The third-order valence-electron chi connectivity index (χ3n) is 4.18. The molecule has 0 spiro atoms. The van der Waals surface area contributed by atoms with Crippen LogP contribution in [0.4, 0.5) is 0 Å². The third-order valence-corrected chi connectivity index (χ3v) is 4.18. The van der Waals surface area contributed by atoms with Crippen molar-refractivity contribution in [1.82, 2.24) is 0 Å². The van der Waals surface area contributed by atoms with Crippen molar-refractivity contribution in [1.29, 1.82) is 0 Å². The Morgan fingerprint density at radius 3 is 2.67 bits per heavy atom. The van der Waals surface area contributed by atoms with Crippen LogP contribution >= 0.6 is 0 Å². The molecule has 1 saturated carbocycles. The Labute approximate surface area is 123 Å². The van der Waals surface area contributed by atoms with Crippen LogP contribution in [0.15, 0.2) is 36.4 Å². The fourth-order valence-corrected chi connectivity index (χ4v) is 2.98. The van der Waals surface area contributed by atoms with Gasteiger partial charge in [-0.2, -0.15) is 0 Å². The molecule has 3 rings (SSSR count). The second-order valence-electron chi connectivity index (χ2n) is 5.54. The van der Waals surface area contributed by atoms with E-state index in [9.17, 15) is 9.90 Å². The van der Waals surface area contributed by atoms with Gasteiger partial charge in [-0.1, -0.05) is 30.3 Å². The Hall–Kier alpha value is -2.07. The van der Waals surface area contributed by atoms with Gasteiger partial charge in [0.25, 0.3) is 0 Å². The van der Waals surface area contributed by atoms with Crippen LogP contribution in [0.5, 0.6) is 5.75 Å². The number of carboxylic acids is 1. The Kier molecular flexibility index (Phi) is 3.33. The van der Waals surface area contributed by atoms with Crippen LogP contribution in [0.3, 0.4) is 0 Å². The summed E-state index contributed by atoms with van der Waals surface area (Å²) < 4.78 is 5.68. The summed E-state index contributed by atoms with van der Waals surface area (Å²) in [6.45, 7) is 2.36. The average molecular weight is 285 g/mol. The summed E-state index contributed by atoms with van der Waals surface area (Å²) in [5.41, 5.74) is 5.61. The largest absolute Gasteiger partial charge is 0.493 e. The van der Waals surface area contributed by atoms with Gasteiger partial charge in [-0.05, 0) is 42.5 Å². The molecule has 1 atom stereocenters. The predicted octanol–water partition coefficient (Wildman–Crippen LogP) is 2.89. The zero-order valence-corrected chi connectivity index (χ0v) is 12.0. The van der Waals surface area contributed by atoms with Crippen molar-refractivity contribution < 1.29 is 14.6 Å². The molecule has 110 valence electrons. The summed E-state index contributed by atoms with van der Waals surface area (Å²) in [6, 6.07) is 11.5. The third kappa shape index (κ3) is 2.16. The topological polar surface area (TPSA) is 72.5 Å². The highest BCUT2D eigenvalue weighted by molar-refractivity contribution is 5.95. The first-order valence-corrected chi connectivity index (χ1v) is 7.26.